The Labute approximate surface area is 129 Å². The van der Waals surface area contributed by atoms with Gasteiger partial charge in [-0.2, -0.15) is 0 Å². The van der Waals surface area contributed by atoms with Crippen LogP contribution >= 0.6 is 34.3 Å². The van der Waals surface area contributed by atoms with Crippen LogP contribution in [0.2, 0.25) is 5.02 Å². The first-order valence-corrected chi connectivity index (χ1v) is 8.16. The Morgan fingerprint density at radius 3 is 2.15 bits per heavy atom. The van der Waals surface area contributed by atoms with E-state index in [1.54, 1.807) is 34.8 Å². The maximum absolute atomic E-state index is 14.0. The van der Waals surface area contributed by atoms with Crippen molar-refractivity contribution in [2.24, 2.45) is 0 Å². The lowest BCUT2D eigenvalue weighted by atomic mass is 10.2. The highest BCUT2D eigenvalue weighted by Crippen LogP contribution is 2.33. The predicted octanol–water partition coefficient (Wildman–Crippen LogP) is 5.80. The average Bonchev–Trinajstić information content (AvgIpc) is 3.11. The number of halogens is 2. The molecule has 102 valence electrons. The normalized spacial score (nSPS) is 10.9. The van der Waals surface area contributed by atoms with Gasteiger partial charge in [-0.15, -0.1) is 22.7 Å². The Hall–Kier alpha value is -1.36. The maximum atomic E-state index is 14.0. The molecule has 5 heteroatoms. The van der Waals surface area contributed by atoms with E-state index in [1.165, 1.54) is 6.07 Å². The van der Waals surface area contributed by atoms with E-state index in [9.17, 15) is 4.39 Å². The molecule has 20 heavy (non-hydrogen) atoms. The highest BCUT2D eigenvalue weighted by atomic mass is 35.5. The molecule has 0 saturated heterocycles. The van der Waals surface area contributed by atoms with Crippen LogP contribution in [0, 0.1) is 5.82 Å². The fourth-order valence-electron chi connectivity index (χ4n) is 1.96. The Morgan fingerprint density at radius 1 is 1.00 bits per heavy atom. The van der Waals surface area contributed by atoms with Gasteiger partial charge in [0.15, 0.2) is 0 Å². The second-order valence-electron chi connectivity index (χ2n) is 4.23. The summed E-state index contributed by atoms with van der Waals surface area (Å²) in [6.45, 7) is 0. The molecule has 1 nitrogen and oxygen atoms in total. The molecule has 1 N–H and O–H groups in total. The fraction of sp³-hybridized carbons (Fsp3) is 0.0667. The van der Waals surface area contributed by atoms with Crippen LogP contribution in [0.25, 0.3) is 0 Å². The molecule has 2 heterocycles. The molecule has 0 aliphatic rings. The van der Waals surface area contributed by atoms with Crippen molar-refractivity contribution in [2.75, 3.05) is 5.32 Å². The number of benzene rings is 1. The summed E-state index contributed by atoms with van der Waals surface area (Å²) in [5, 5.41) is 7.71. The zero-order chi connectivity index (χ0) is 13.9. The van der Waals surface area contributed by atoms with E-state index in [1.807, 2.05) is 22.9 Å². The van der Waals surface area contributed by atoms with E-state index in [0.717, 1.165) is 9.75 Å². The molecule has 0 spiro atoms. The van der Waals surface area contributed by atoms with Gasteiger partial charge in [-0.05, 0) is 41.1 Å². The second kappa shape index (κ2) is 5.95. The van der Waals surface area contributed by atoms with E-state index in [0.29, 0.717) is 10.7 Å². The molecular weight excluding hydrogens is 313 g/mol. The Balaban J connectivity index is 1.95. The van der Waals surface area contributed by atoms with Gasteiger partial charge < -0.3 is 5.32 Å². The minimum Gasteiger partial charge on any atom is -0.370 e. The summed E-state index contributed by atoms with van der Waals surface area (Å²) in [6, 6.07) is 12.8. The summed E-state index contributed by atoms with van der Waals surface area (Å²) in [6.07, 6.45) is 0. The van der Waals surface area contributed by atoms with Crippen molar-refractivity contribution < 1.29 is 4.39 Å². The first-order chi connectivity index (χ1) is 9.74. The number of nitrogens with one attached hydrogen (secondary N) is 1. The summed E-state index contributed by atoms with van der Waals surface area (Å²) >= 11 is 9.10. The topological polar surface area (TPSA) is 12.0 Å². The lowest BCUT2D eigenvalue weighted by molar-refractivity contribution is 0.629. The molecule has 0 saturated carbocycles. The van der Waals surface area contributed by atoms with Crippen molar-refractivity contribution in [3.05, 3.63) is 73.8 Å². The van der Waals surface area contributed by atoms with Gasteiger partial charge in [0.2, 0.25) is 0 Å². The SMILES string of the molecule is Fc1cc(Cl)ccc1NC(c1cccs1)c1cccs1. The Morgan fingerprint density at radius 2 is 1.65 bits per heavy atom. The van der Waals surface area contributed by atoms with Crippen molar-refractivity contribution in [1.29, 1.82) is 0 Å². The van der Waals surface area contributed by atoms with Gasteiger partial charge in [0.25, 0.3) is 0 Å². The minimum atomic E-state index is -0.337. The highest BCUT2D eigenvalue weighted by molar-refractivity contribution is 7.11. The van der Waals surface area contributed by atoms with Crippen molar-refractivity contribution in [3.63, 3.8) is 0 Å². The molecule has 0 atom stereocenters. The molecule has 0 bridgehead atoms. The van der Waals surface area contributed by atoms with E-state index in [2.05, 4.69) is 17.4 Å². The Kier molecular flexibility index (Phi) is 4.05. The van der Waals surface area contributed by atoms with Crippen molar-refractivity contribution >= 4 is 40.0 Å². The molecular formula is C15H11ClFNS2. The lowest BCUT2D eigenvalue weighted by Crippen LogP contribution is -2.10. The summed E-state index contributed by atoms with van der Waals surface area (Å²) < 4.78 is 14.0. The van der Waals surface area contributed by atoms with E-state index < -0.39 is 0 Å². The van der Waals surface area contributed by atoms with Crippen molar-refractivity contribution in [1.82, 2.24) is 0 Å². The number of hydrogen-bond donors (Lipinski definition) is 1. The standard InChI is InChI=1S/C15H11ClFNS2/c16-10-5-6-12(11(17)9-10)18-15(13-3-1-7-19-13)14-4-2-8-20-14/h1-9,15,18H. The van der Waals surface area contributed by atoms with E-state index >= 15 is 0 Å². The molecule has 3 aromatic rings. The summed E-state index contributed by atoms with van der Waals surface area (Å²) in [4.78, 5) is 2.31. The average molecular weight is 324 g/mol. The quantitative estimate of drug-likeness (QED) is 0.639. The van der Waals surface area contributed by atoms with Gasteiger partial charge in [-0.3, -0.25) is 0 Å². The third-order valence-corrected chi connectivity index (χ3v) is 5.00. The summed E-state index contributed by atoms with van der Waals surface area (Å²) in [7, 11) is 0. The first kappa shape index (κ1) is 13.6. The van der Waals surface area contributed by atoms with Crippen molar-refractivity contribution in [3.8, 4) is 0 Å². The van der Waals surface area contributed by atoms with Gasteiger partial charge in [0.1, 0.15) is 5.82 Å². The van der Waals surface area contributed by atoms with Crippen molar-refractivity contribution in [2.45, 2.75) is 6.04 Å². The van der Waals surface area contributed by atoms with Gasteiger partial charge >= 0.3 is 0 Å². The smallest absolute Gasteiger partial charge is 0.147 e. The second-order valence-corrected chi connectivity index (χ2v) is 6.63. The van der Waals surface area contributed by atoms with Crippen LogP contribution in [-0.2, 0) is 0 Å². The van der Waals surface area contributed by atoms with Crippen LogP contribution in [0.5, 0.6) is 0 Å². The third kappa shape index (κ3) is 2.87. The first-order valence-electron chi connectivity index (χ1n) is 6.02. The number of hydrogen-bond acceptors (Lipinski definition) is 3. The largest absolute Gasteiger partial charge is 0.370 e. The van der Waals surface area contributed by atoms with E-state index in [4.69, 9.17) is 11.6 Å². The summed E-state index contributed by atoms with van der Waals surface area (Å²) in [5.41, 5.74) is 0.459. The van der Waals surface area contributed by atoms with Gasteiger partial charge in [0, 0.05) is 14.8 Å². The van der Waals surface area contributed by atoms with Gasteiger partial charge in [-0.25, -0.2) is 4.39 Å². The molecule has 0 unspecified atom stereocenters. The monoisotopic (exact) mass is 323 g/mol. The summed E-state index contributed by atoms with van der Waals surface area (Å²) in [5.74, 6) is -0.337. The molecule has 2 aromatic heterocycles. The number of anilines is 1. The molecule has 0 amide bonds. The molecule has 0 aliphatic heterocycles. The number of thiophene rings is 2. The van der Waals surface area contributed by atoms with Gasteiger partial charge in [-0.1, -0.05) is 23.7 Å². The minimum absolute atomic E-state index is 0.0364. The predicted molar refractivity (Wildman–Crippen MR) is 85.5 cm³/mol. The number of rotatable bonds is 4. The van der Waals surface area contributed by atoms with Crippen LogP contribution in [-0.4, -0.2) is 0 Å². The molecule has 3 rings (SSSR count). The van der Waals surface area contributed by atoms with Gasteiger partial charge in [0.05, 0.1) is 11.7 Å². The Bertz CT molecular complexity index is 646. The highest BCUT2D eigenvalue weighted by Gasteiger charge is 2.17. The molecule has 0 fully saturated rings. The fourth-order valence-corrected chi connectivity index (χ4v) is 3.78. The van der Waals surface area contributed by atoms with E-state index in [-0.39, 0.29) is 11.9 Å². The molecule has 1 aromatic carbocycles. The molecule has 0 aliphatic carbocycles. The lowest BCUT2D eigenvalue weighted by Gasteiger charge is -2.18. The van der Waals surface area contributed by atoms with Crippen LogP contribution in [0.3, 0.4) is 0 Å². The van der Waals surface area contributed by atoms with Crippen LogP contribution < -0.4 is 5.32 Å². The third-order valence-electron chi connectivity index (χ3n) is 2.89. The van der Waals surface area contributed by atoms with Crippen LogP contribution in [0.15, 0.2) is 53.2 Å². The zero-order valence-electron chi connectivity index (χ0n) is 10.3. The maximum Gasteiger partial charge on any atom is 0.147 e. The van der Waals surface area contributed by atoms with Crippen LogP contribution in [0.4, 0.5) is 10.1 Å². The molecule has 0 radical (unpaired) electrons. The zero-order valence-corrected chi connectivity index (χ0v) is 12.7. The van der Waals surface area contributed by atoms with Crippen LogP contribution in [0.1, 0.15) is 15.8 Å².